The first-order valence-electron chi connectivity index (χ1n) is 9.49. The number of halogens is 3. The monoisotopic (exact) mass is 468 g/mol. The van der Waals surface area contributed by atoms with Crippen LogP contribution in [-0.2, 0) is 23.6 Å². The Labute approximate surface area is 185 Å². The average molecular weight is 469 g/mol. The van der Waals surface area contributed by atoms with Crippen LogP contribution in [0.15, 0.2) is 60.0 Å². The van der Waals surface area contributed by atoms with Gasteiger partial charge in [0.25, 0.3) is 0 Å². The fourth-order valence-corrected chi connectivity index (χ4v) is 6.54. The summed E-state index contributed by atoms with van der Waals surface area (Å²) in [5.74, 6) is -0.543. The number of imidazole rings is 1. The lowest BCUT2D eigenvalue weighted by Gasteiger charge is -2.32. The first-order valence-corrected chi connectivity index (χ1v) is 11.7. The molecule has 0 unspecified atom stereocenters. The lowest BCUT2D eigenvalue weighted by molar-refractivity contribution is -0.807. The molecular formula is C21H21Cl2FN3O2S+. The molecule has 2 atom stereocenters. The molecule has 0 aliphatic carbocycles. The summed E-state index contributed by atoms with van der Waals surface area (Å²) < 4.78 is 43.3. The van der Waals surface area contributed by atoms with Crippen molar-refractivity contribution >= 4 is 33.2 Å². The Hall–Kier alpha value is -1.93. The highest BCUT2D eigenvalue weighted by Crippen LogP contribution is 2.41. The van der Waals surface area contributed by atoms with E-state index in [-0.39, 0.29) is 33.7 Å². The van der Waals surface area contributed by atoms with Crippen molar-refractivity contribution in [2.24, 2.45) is 7.05 Å². The maximum atomic E-state index is 14.4. The van der Waals surface area contributed by atoms with Gasteiger partial charge in [0.15, 0.2) is 0 Å². The van der Waals surface area contributed by atoms with Crippen molar-refractivity contribution in [3.8, 4) is 0 Å². The highest BCUT2D eigenvalue weighted by atomic mass is 35.5. The van der Waals surface area contributed by atoms with Crippen LogP contribution in [0.25, 0.3) is 0 Å². The summed E-state index contributed by atoms with van der Waals surface area (Å²) >= 11 is 12.4. The number of aryl methyl sites for hydroxylation is 1. The Bertz CT molecular complexity index is 1200. The maximum absolute atomic E-state index is 14.4. The van der Waals surface area contributed by atoms with E-state index in [2.05, 4.69) is 4.98 Å². The predicted molar refractivity (Wildman–Crippen MR) is 114 cm³/mol. The fourth-order valence-electron chi connectivity index (χ4n) is 4.16. The lowest BCUT2D eigenvalue weighted by atomic mass is 9.98. The number of likely N-dealkylation sites (tertiary alicyclic amines) is 1. The zero-order valence-corrected chi connectivity index (χ0v) is 18.6. The molecule has 1 aliphatic heterocycles. The Morgan fingerprint density at radius 1 is 1.23 bits per heavy atom. The van der Waals surface area contributed by atoms with Gasteiger partial charge in [0.2, 0.25) is 5.03 Å². The van der Waals surface area contributed by atoms with Gasteiger partial charge in [0, 0.05) is 36.2 Å². The summed E-state index contributed by atoms with van der Waals surface area (Å²) in [5, 5.41) is 0.892. The molecule has 0 bridgehead atoms. The van der Waals surface area contributed by atoms with E-state index in [1.807, 2.05) is 0 Å². The highest BCUT2D eigenvalue weighted by molar-refractivity contribution is 7.85. The lowest BCUT2D eigenvalue weighted by Crippen LogP contribution is -2.50. The van der Waals surface area contributed by atoms with Crippen molar-refractivity contribution in [1.29, 1.82) is 0 Å². The number of benzene rings is 2. The van der Waals surface area contributed by atoms with Crippen LogP contribution < -0.4 is 0 Å². The van der Waals surface area contributed by atoms with E-state index in [9.17, 15) is 12.8 Å². The molecule has 0 spiro atoms. The molecular weight excluding hydrogens is 448 g/mol. The molecule has 9 heteroatoms. The second-order valence-electron chi connectivity index (χ2n) is 7.72. The number of nitrogens with zero attached hydrogens (tertiary/aromatic N) is 3. The molecule has 2 heterocycles. The van der Waals surface area contributed by atoms with Crippen LogP contribution in [0.1, 0.15) is 23.5 Å². The molecule has 3 aromatic rings. The van der Waals surface area contributed by atoms with Crippen molar-refractivity contribution in [2.75, 3.05) is 13.1 Å². The van der Waals surface area contributed by atoms with Gasteiger partial charge in [-0.1, -0.05) is 47.5 Å². The summed E-state index contributed by atoms with van der Waals surface area (Å²) in [5.41, 5.74) is 1.21. The van der Waals surface area contributed by atoms with Gasteiger partial charge in [-0.15, -0.1) is 0 Å². The first kappa shape index (κ1) is 21.3. The molecule has 1 aromatic heterocycles. The van der Waals surface area contributed by atoms with Crippen LogP contribution >= 0.6 is 23.2 Å². The number of quaternary nitrogens is 1. The number of hydrogen-bond donors (Lipinski definition) is 0. The normalized spacial score (nSPS) is 21.8. The smallest absolute Gasteiger partial charge is 0.339 e. The van der Waals surface area contributed by atoms with Gasteiger partial charge in [-0.3, -0.25) is 0 Å². The van der Waals surface area contributed by atoms with E-state index in [1.165, 1.54) is 18.6 Å². The highest BCUT2D eigenvalue weighted by Gasteiger charge is 2.51. The summed E-state index contributed by atoms with van der Waals surface area (Å²) in [6.45, 7) is 0.718. The Kier molecular flexibility index (Phi) is 5.66. The van der Waals surface area contributed by atoms with Gasteiger partial charge >= 0.3 is 10.0 Å². The van der Waals surface area contributed by atoms with Gasteiger partial charge in [-0.05, 0) is 23.8 Å². The van der Waals surface area contributed by atoms with Gasteiger partial charge < -0.3 is 4.57 Å². The standard InChI is InChI=1S/C21H21Cl2FN3O2S/c1-26-11-21(25-14-26)30(28,29)27(13-16-6-7-17(22)10-19(16)23)9-8-15(12-27)18-4-2-3-5-20(18)24/h2-7,10-11,14-15H,8-9,12-13H2,1H3/q+1/t15-,27-/m0/s1. The number of aromatic nitrogens is 2. The van der Waals surface area contributed by atoms with Crippen LogP contribution in [0.3, 0.4) is 0 Å². The molecule has 0 N–H and O–H groups in total. The Morgan fingerprint density at radius 3 is 2.67 bits per heavy atom. The second kappa shape index (κ2) is 7.96. The fraction of sp³-hybridized carbons (Fsp3) is 0.286. The van der Waals surface area contributed by atoms with Crippen LogP contribution in [0.5, 0.6) is 0 Å². The van der Waals surface area contributed by atoms with Crippen molar-refractivity contribution in [3.05, 3.63) is 82.0 Å². The largest absolute Gasteiger partial charge is 0.346 e. The van der Waals surface area contributed by atoms with Gasteiger partial charge in [-0.2, -0.15) is 8.42 Å². The molecule has 1 aliphatic rings. The first-order chi connectivity index (χ1) is 14.2. The zero-order valence-electron chi connectivity index (χ0n) is 16.3. The maximum Gasteiger partial charge on any atom is 0.346 e. The quantitative estimate of drug-likeness (QED) is 0.507. The molecule has 1 fully saturated rings. The van der Waals surface area contributed by atoms with Crippen molar-refractivity contribution < 1.29 is 16.7 Å². The van der Waals surface area contributed by atoms with Gasteiger partial charge in [0.05, 0.1) is 17.9 Å². The molecule has 4 rings (SSSR count). The minimum Gasteiger partial charge on any atom is -0.339 e. The molecule has 5 nitrogen and oxygen atoms in total. The Morgan fingerprint density at radius 2 is 2.00 bits per heavy atom. The summed E-state index contributed by atoms with van der Waals surface area (Å²) in [7, 11) is -2.15. The van der Waals surface area contributed by atoms with Crippen LogP contribution in [-0.4, -0.2) is 34.9 Å². The third kappa shape index (κ3) is 3.75. The van der Waals surface area contributed by atoms with Crippen molar-refractivity contribution in [3.63, 3.8) is 0 Å². The van der Waals surface area contributed by atoms with Gasteiger partial charge in [0.1, 0.15) is 18.9 Å². The molecule has 0 amide bonds. The third-order valence-electron chi connectivity index (χ3n) is 5.71. The summed E-state index contributed by atoms with van der Waals surface area (Å²) in [4.78, 5) is 4.10. The molecule has 0 saturated carbocycles. The molecule has 1 saturated heterocycles. The molecule has 0 radical (unpaired) electrons. The van der Waals surface area contributed by atoms with Crippen molar-refractivity contribution in [1.82, 2.24) is 9.55 Å². The Balaban J connectivity index is 1.79. The minimum absolute atomic E-state index is 0.00395. The van der Waals surface area contributed by atoms with E-state index >= 15 is 0 Å². The molecule has 30 heavy (non-hydrogen) atoms. The SMILES string of the molecule is Cn1cnc(S(=O)(=O)[N@@+]2(Cc3ccc(Cl)cc3Cl)CC[C@H](c3ccccc3F)C2)c1. The van der Waals surface area contributed by atoms with Crippen LogP contribution in [0.2, 0.25) is 10.0 Å². The van der Waals surface area contributed by atoms with E-state index in [4.69, 9.17) is 23.2 Å². The average Bonchev–Trinajstić information content (AvgIpc) is 3.32. The molecule has 2 aromatic carbocycles. The third-order valence-corrected chi connectivity index (χ3v) is 8.52. The summed E-state index contributed by atoms with van der Waals surface area (Å²) in [6.07, 6.45) is 3.50. The predicted octanol–water partition coefficient (Wildman–Crippen LogP) is 4.76. The van der Waals surface area contributed by atoms with Crippen LogP contribution in [0, 0.1) is 5.82 Å². The van der Waals surface area contributed by atoms with E-state index in [0.717, 1.165) is 0 Å². The zero-order chi connectivity index (χ0) is 21.5. The summed E-state index contributed by atoms with van der Waals surface area (Å²) in [6, 6.07) is 11.6. The van der Waals surface area contributed by atoms with E-state index in [1.54, 1.807) is 48.0 Å². The van der Waals surface area contributed by atoms with Gasteiger partial charge in [-0.25, -0.2) is 13.3 Å². The number of hydrogen-bond acceptors (Lipinski definition) is 3. The second-order valence-corrected chi connectivity index (χ2v) is 10.7. The number of sulfonamides is 1. The number of rotatable bonds is 5. The topological polar surface area (TPSA) is 52.0 Å². The minimum atomic E-state index is -3.87. The van der Waals surface area contributed by atoms with Crippen LogP contribution in [0.4, 0.5) is 4.39 Å². The van der Waals surface area contributed by atoms with E-state index < -0.39 is 10.0 Å². The molecule has 158 valence electrons. The van der Waals surface area contributed by atoms with E-state index in [0.29, 0.717) is 34.1 Å². The van der Waals surface area contributed by atoms with Crippen molar-refractivity contribution in [2.45, 2.75) is 23.9 Å².